The minimum absolute atomic E-state index is 0.450. The van der Waals surface area contributed by atoms with E-state index in [2.05, 4.69) is 58.4 Å². The maximum absolute atomic E-state index is 4.57. The topological polar surface area (TPSA) is 12.0 Å². The molecule has 0 heterocycles. The number of rotatable bonds is 8. The summed E-state index contributed by atoms with van der Waals surface area (Å²) in [5.74, 6) is 7.54. The van der Waals surface area contributed by atoms with Crippen LogP contribution >= 0.6 is 0 Å². The van der Waals surface area contributed by atoms with Crippen LogP contribution in [0.5, 0.6) is 0 Å². The molecule has 1 N–H and O–H groups in total. The van der Waals surface area contributed by atoms with Gasteiger partial charge in [0, 0.05) is 17.8 Å². The normalized spacial score (nSPS) is 43.3. The van der Waals surface area contributed by atoms with Crippen LogP contribution in [0.2, 0.25) is 0 Å². The molecule has 4 aliphatic rings. The molecule has 8 atom stereocenters. The van der Waals surface area contributed by atoms with Crippen LogP contribution in [0.4, 0.5) is 0 Å². The van der Waals surface area contributed by atoms with Gasteiger partial charge in [-0.15, -0.1) is 0 Å². The molecule has 8 unspecified atom stereocenters. The Kier molecular flexibility index (Phi) is 6.57. The zero-order chi connectivity index (χ0) is 21.5. The molecule has 4 rings (SSSR count). The van der Waals surface area contributed by atoms with Crippen molar-refractivity contribution in [3.8, 4) is 0 Å². The summed E-state index contributed by atoms with van der Waals surface area (Å²) in [4.78, 5) is 0. The molecule has 4 fully saturated rings. The lowest BCUT2D eigenvalue weighted by Gasteiger charge is -2.56. The molecule has 0 saturated heterocycles. The van der Waals surface area contributed by atoms with Crippen molar-refractivity contribution in [3.05, 3.63) is 36.7 Å². The van der Waals surface area contributed by atoms with Crippen LogP contribution in [0.3, 0.4) is 0 Å². The summed E-state index contributed by atoms with van der Waals surface area (Å²) in [5.41, 5.74) is 2.82. The lowest BCUT2D eigenvalue weighted by Crippen LogP contribution is -2.49. The Labute approximate surface area is 186 Å². The zero-order valence-corrected chi connectivity index (χ0v) is 20.3. The molecule has 30 heavy (non-hydrogen) atoms. The van der Waals surface area contributed by atoms with Crippen molar-refractivity contribution >= 4 is 0 Å². The van der Waals surface area contributed by atoms with E-state index in [4.69, 9.17) is 0 Å². The van der Waals surface area contributed by atoms with Gasteiger partial charge in [-0.2, -0.15) is 0 Å². The molecule has 4 aliphatic carbocycles. The summed E-state index contributed by atoms with van der Waals surface area (Å²) in [6.07, 6.45) is 18.7. The van der Waals surface area contributed by atoms with Crippen LogP contribution < -0.4 is 5.32 Å². The zero-order valence-electron chi connectivity index (χ0n) is 20.3. The summed E-state index contributed by atoms with van der Waals surface area (Å²) in [5, 5.41) is 3.58. The lowest BCUT2D eigenvalue weighted by molar-refractivity contribution is -0.0657. The number of hydrogen-bond acceptors (Lipinski definition) is 1. The first-order chi connectivity index (χ1) is 14.4. The average Bonchev–Trinajstić information content (AvgIpc) is 3.50. The first kappa shape index (κ1) is 22.2. The van der Waals surface area contributed by atoms with Gasteiger partial charge in [-0.05, 0) is 105 Å². The van der Waals surface area contributed by atoms with E-state index in [1.165, 1.54) is 69.9 Å². The Morgan fingerprint density at radius 1 is 1.03 bits per heavy atom. The minimum Gasteiger partial charge on any atom is -0.365 e. The van der Waals surface area contributed by atoms with E-state index in [-0.39, 0.29) is 0 Å². The Morgan fingerprint density at radius 3 is 2.43 bits per heavy atom. The van der Waals surface area contributed by atoms with Crippen LogP contribution in [-0.2, 0) is 0 Å². The third-order valence-electron chi connectivity index (χ3n) is 10.0. The third kappa shape index (κ3) is 3.95. The average molecular weight is 410 g/mol. The van der Waals surface area contributed by atoms with E-state index < -0.39 is 0 Å². The maximum atomic E-state index is 4.57. The second kappa shape index (κ2) is 8.87. The maximum Gasteiger partial charge on any atom is 0.0110 e. The fourth-order valence-electron chi connectivity index (χ4n) is 8.64. The van der Waals surface area contributed by atoms with Crippen molar-refractivity contribution in [2.45, 2.75) is 91.9 Å². The SMILES string of the molecule is C=C(C)/C=C\NC(=C)C1CC(C2CC2)C2C3CCC(CC)C(CCC)C3CCC12C. The van der Waals surface area contributed by atoms with E-state index in [9.17, 15) is 0 Å². The summed E-state index contributed by atoms with van der Waals surface area (Å²) in [6.45, 7) is 18.1. The molecule has 1 nitrogen and oxygen atoms in total. The summed E-state index contributed by atoms with van der Waals surface area (Å²) >= 11 is 0. The van der Waals surface area contributed by atoms with Crippen molar-refractivity contribution in [1.29, 1.82) is 0 Å². The van der Waals surface area contributed by atoms with E-state index in [1.54, 1.807) is 0 Å². The standard InChI is InChI=1S/C29H47N/c1-7-9-23-21(8-2)12-13-25-24(23)14-16-29(6)27(20(5)30-17-15-19(3)4)18-26(28(25)29)22-10-11-22/h15,17,21-28,30H,3,5,7-14,16,18H2,1-2,4,6H3/b17-15-. The smallest absolute Gasteiger partial charge is 0.0110 e. The molecule has 0 aromatic rings. The fourth-order valence-corrected chi connectivity index (χ4v) is 8.64. The molecule has 0 aromatic carbocycles. The molecule has 4 saturated carbocycles. The second-order valence-corrected chi connectivity index (χ2v) is 11.7. The fraction of sp³-hybridized carbons (Fsp3) is 0.793. The van der Waals surface area contributed by atoms with E-state index in [0.29, 0.717) is 11.3 Å². The van der Waals surface area contributed by atoms with Crippen molar-refractivity contribution in [3.63, 3.8) is 0 Å². The van der Waals surface area contributed by atoms with Crippen molar-refractivity contribution in [1.82, 2.24) is 5.32 Å². The number of fused-ring (bicyclic) bond motifs is 3. The van der Waals surface area contributed by atoms with Gasteiger partial charge in [0.05, 0.1) is 0 Å². The lowest BCUT2D eigenvalue weighted by atomic mass is 9.49. The van der Waals surface area contributed by atoms with Gasteiger partial charge < -0.3 is 5.32 Å². The summed E-state index contributed by atoms with van der Waals surface area (Å²) in [7, 11) is 0. The molecule has 0 amide bonds. The molecule has 0 bridgehead atoms. The highest BCUT2D eigenvalue weighted by Crippen LogP contribution is 2.69. The predicted octanol–water partition coefficient (Wildman–Crippen LogP) is 8.11. The first-order valence-electron chi connectivity index (χ1n) is 13.2. The minimum atomic E-state index is 0.450. The van der Waals surface area contributed by atoms with Crippen LogP contribution in [0, 0.1) is 52.8 Å². The van der Waals surface area contributed by atoms with Gasteiger partial charge in [-0.3, -0.25) is 0 Å². The van der Waals surface area contributed by atoms with E-state index in [1.807, 2.05) is 0 Å². The monoisotopic (exact) mass is 409 g/mol. The van der Waals surface area contributed by atoms with Gasteiger partial charge in [0.25, 0.3) is 0 Å². The van der Waals surface area contributed by atoms with Crippen molar-refractivity contribution in [2.75, 3.05) is 0 Å². The predicted molar refractivity (Wildman–Crippen MR) is 130 cm³/mol. The molecule has 0 aromatic heterocycles. The highest BCUT2D eigenvalue weighted by molar-refractivity contribution is 5.20. The Morgan fingerprint density at radius 2 is 1.80 bits per heavy atom. The Hall–Kier alpha value is -0.980. The molecule has 0 aliphatic heterocycles. The van der Waals surface area contributed by atoms with Crippen LogP contribution in [0.25, 0.3) is 0 Å². The van der Waals surface area contributed by atoms with Crippen LogP contribution in [0.1, 0.15) is 91.9 Å². The van der Waals surface area contributed by atoms with Gasteiger partial charge in [-0.1, -0.05) is 58.8 Å². The van der Waals surface area contributed by atoms with Crippen molar-refractivity contribution < 1.29 is 0 Å². The summed E-state index contributed by atoms with van der Waals surface area (Å²) < 4.78 is 0. The number of nitrogens with one attached hydrogen (secondary N) is 1. The Balaban J connectivity index is 1.59. The van der Waals surface area contributed by atoms with Gasteiger partial charge in [0.15, 0.2) is 0 Å². The van der Waals surface area contributed by atoms with E-state index in [0.717, 1.165) is 47.0 Å². The molecule has 1 heteroatoms. The highest BCUT2D eigenvalue weighted by atomic mass is 14.9. The molecule has 0 radical (unpaired) electrons. The molecule has 168 valence electrons. The molecular weight excluding hydrogens is 362 g/mol. The summed E-state index contributed by atoms with van der Waals surface area (Å²) in [6, 6.07) is 0. The molecule has 0 spiro atoms. The second-order valence-electron chi connectivity index (χ2n) is 11.7. The van der Waals surface area contributed by atoms with E-state index >= 15 is 0 Å². The quantitative estimate of drug-likeness (QED) is 0.399. The van der Waals surface area contributed by atoms with Gasteiger partial charge in [-0.25, -0.2) is 0 Å². The molecular formula is C29H47N. The van der Waals surface area contributed by atoms with Crippen LogP contribution in [-0.4, -0.2) is 0 Å². The van der Waals surface area contributed by atoms with Gasteiger partial charge >= 0.3 is 0 Å². The largest absolute Gasteiger partial charge is 0.365 e. The third-order valence-corrected chi connectivity index (χ3v) is 10.0. The highest BCUT2D eigenvalue weighted by Gasteiger charge is 2.62. The van der Waals surface area contributed by atoms with Crippen LogP contribution in [0.15, 0.2) is 36.7 Å². The number of allylic oxidation sites excluding steroid dienone is 3. The first-order valence-corrected chi connectivity index (χ1v) is 13.2. The Bertz CT molecular complexity index is 670. The number of hydrogen-bond donors (Lipinski definition) is 1. The van der Waals surface area contributed by atoms with Gasteiger partial charge in [0.1, 0.15) is 0 Å². The van der Waals surface area contributed by atoms with Gasteiger partial charge in [0.2, 0.25) is 0 Å². The van der Waals surface area contributed by atoms with Crippen molar-refractivity contribution in [2.24, 2.45) is 52.8 Å².